The van der Waals surface area contributed by atoms with Crippen molar-refractivity contribution in [3.8, 4) is 33.4 Å². The van der Waals surface area contributed by atoms with Crippen molar-refractivity contribution in [3.63, 3.8) is 0 Å². The Morgan fingerprint density at radius 3 is 1.78 bits per heavy atom. The molecule has 0 saturated carbocycles. The molecule has 8 aromatic carbocycles. The van der Waals surface area contributed by atoms with Gasteiger partial charge in [0.1, 0.15) is 4.83 Å². The predicted molar refractivity (Wildman–Crippen MR) is 219 cm³/mol. The summed E-state index contributed by atoms with van der Waals surface area (Å²) >= 11 is 1.89. The Kier molecular flexibility index (Phi) is 7.04. The minimum absolute atomic E-state index is 1.11. The number of thiazole rings is 1. The van der Waals surface area contributed by atoms with Crippen molar-refractivity contribution in [1.82, 2.24) is 4.40 Å². The van der Waals surface area contributed by atoms with E-state index in [4.69, 9.17) is 0 Å². The summed E-state index contributed by atoms with van der Waals surface area (Å²) in [6, 6.07) is 70.2. The normalized spacial score (nSPS) is 11.5. The molecule has 2 heterocycles. The summed E-state index contributed by atoms with van der Waals surface area (Å²) in [5.74, 6) is 0. The molecule has 0 spiro atoms. The van der Waals surface area contributed by atoms with Crippen molar-refractivity contribution in [3.05, 3.63) is 194 Å². The Hall–Kier alpha value is -6.42. The third-order valence-electron chi connectivity index (χ3n) is 10.0. The molecule has 0 bridgehead atoms. The van der Waals surface area contributed by atoms with Crippen LogP contribution in [0.3, 0.4) is 0 Å². The maximum absolute atomic E-state index is 2.46. The lowest BCUT2D eigenvalue weighted by Crippen LogP contribution is -2.11. The lowest BCUT2D eigenvalue weighted by Gasteiger charge is -2.29. The Morgan fingerprint density at radius 2 is 0.961 bits per heavy atom. The molecule has 10 rings (SSSR count). The third-order valence-corrected chi connectivity index (χ3v) is 11.2. The fourth-order valence-electron chi connectivity index (χ4n) is 7.70. The molecule has 0 atom stereocenters. The smallest absolute Gasteiger partial charge is 0.109 e. The fraction of sp³-hybridized carbons (Fsp3) is 0. The first kappa shape index (κ1) is 29.5. The summed E-state index contributed by atoms with van der Waals surface area (Å²) in [7, 11) is 0. The average Bonchev–Trinajstić information content (AvgIpc) is 3.74. The summed E-state index contributed by atoms with van der Waals surface area (Å²) in [6.45, 7) is 0. The molecule has 0 saturated heterocycles. The lowest BCUT2D eigenvalue weighted by atomic mass is 10.00. The summed E-state index contributed by atoms with van der Waals surface area (Å²) in [4.78, 5) is 3.70. The lowest BCUT2D eigenvalue weighted by molar-refractivity contribution is 1.30. The van der Waals surface area contributed by atoms with E-state index < -0.39 is 0 Å². The quantitative estimate of drug-likeness (QED) is 0.171. The van der Waals surface area contributed by atoms with Gasteiger partial charge in [0, 0.05) is 33.2 Å². The number of hydrogen-bond donors (Lipinski definition) is 0. The monoisotopic (exact) mass is 668 g/mol. The Labute approximate surface area is 300 Å². The standard InChI is InChI=1S/C48H32N2S/c1-3-15-33(16-4-1)38-22-9-11-25-42(38)49(43-27-13-20-34-17-7-8-21-39(34)43)37-31-29-35(30-32-37)40-24-14-28-45-47(40)51-48-46(36-18-5-2-6-19-36)41-23-10-12-26-44(41)50(45)48/h1-32H. The Morgan fingerprint density at radius 1 is 0.392 bits per heavy atom. The van der Waals surface area contributed by atoms with Gasteiger partial charge in [0.15, 0.2) is 0 Å². The largest absolute Gasteiger partial charge is 0.309 e. The SMILES string of the molecule is c1ccc(-c2ccccc2N(c2ccc(-c3cccc4c3sc3c(-c5ccccc5)c5ccccc5n34)cc2)c2cccc3ccccc23)cc1. The number of anilines is 3. The van der Waals surface area contributed by atoms with Crippen LogP contribution in [0.2, 0.25) is 0 Å². The Balaban J connectivity index is 1.15. The number of fused-ring (bicyclic) bond motifs is 6. The van der Waals surface area contributed by atoms with Gasteiger partial charge in [-0.05, 0) is 58.5 Å². The van der Waals surface area contributed by atoms with Gasteiger partial charge in [-0.25, -0.2) is 0 Å². The maximum atomic E-state index is 2.46. The first-order valence-corrected chi connectivity index (χ1v) is 18.2. The van der Waals surface area contributed by atoms with Crippen LogP contribution >= 0.6 is 11.3 Å². The van der Waals surface area contributed by atoms with Crippen LogP contribution < -0.4 is 4.90 Å². The molecule has 0 N–H and O–H groups in total. The van der Waals surface area contributed by atoms with E-state index in [1.165, 1.54) is 70.1 Å². The number of hydrogen-bond acceptors (Lipinski definition) is 2. The molecule has 10 aromatic rings. The van der Waals surface area contributed by atoms with E-state index in [-0.39, 0.29) is 0 Å². The van der Waals surface area contributed by atoms with E-state index in [0.29, 0.717) is 0 Å². The van der Waals surface area contributed by atoms with Gasteiger partial charge < -0.3 is 4.90 Å². The topological polar surface area (TPSA) is 7.65 Å². The molecular formula is C48H32N2S. The van der Waals surface area contributed by atoms with Gasteiger partial charge in [-0.1, -0.05) is 158 Å². The van der Waals surface area contributed by atoms with Crippen molar-refractivity contribution in [1.29, 1.82) is 0 Å². The first-order valence-electron chi connectivity index (χ1n) is 17.4. The van der Waals surface area contributed by atoms with Crippen LogP contribution in [0.4, 0.5) is 17.1 Å². The Bertz CT molecular complexity index is 2840. The van der Waals surface area contributed by atoms with E-state index in [1.54, 1.807) is 0 Å². The molecule has 2 nitrogen and oxygen atoms in total. The average molecular weight is 669 g/mol. The molecule has 240 valence electrons. The van der Waals surface area contributed by atoms with Gasteiger partial charge in [-0.3, -0.25) is 4.40 Å². The molecule has 0 radical (unpaired) electrons. The van der Waals surface area contributed by atoms with Crippen LogP contribution in [-0.4, -0.2) is 4.40 Å². The van der Waals surface area contributed by atoms with E-state index in [9.17, 15) is 0 Å². The molecule has 0 amide bonds. The van der Waals surface area contributed by atoms with E-state index >= 15 is 0 Å². The number of nitrogens with zero attached hydrogens (tertiary/aromatic N) is 2. The second kappa shape index (κ2) is 12.2. The van der Waals surface area contributed by atoms with Crippen molar-refractivity contribution in [2.45, 2.75) is 0 Å². The van der Waals surface area contributed by atoms with Crippen molar-refractivity contribution in [2.75, 3.05) is 4.90 Å². The van der Waals surface area contributed by atoms with Crippen LogP contribution in [-0.2, 0) is 0 Å². The highest BCUT2D eigenvalue weighted by Gasteiger charge is 2.21. The summed E-state index contributed by atoms with van der Waals surface area (Å²) in [6.07, 6.45) is 0. The molecular weight excluding hydrogens is 637 g/mol. The van der Waals surface area contributed by atoms with Gasteiger partial charge in [0.05, 0.1) is 27.1 Å². The zero-order valence-corrected chi connectivity index (χ0v) is 28.6. The second-order valence-corrected chi connectivity index (χ2v) is 13.9. The van der Waals surface area contributed by atoms with Gasteiger partial charge in [0.25, 0.3) is 0 Å². The van der Waals surface area contributed by atoms with Crippen LogP contribution in [0.25, 0.3) is 70.1 Å². The van der Waals surface area contributed by atoms with Crippen LogP contribution in [0.15, 0.2) is 194 Å². The summed E-state index contributed by atoms with van der Waals surface area (Å²) in [5.41, 5.74) is 13.3. The second-order valence-electron chi connectivity index (χ2n) is 12.9. The number of aromatic nitrogens is 1. The number of benzene rings is 8. The summed E-state index contributed by atoms with van der Waals surface area (Å²) in [5, 5.41) is 3.72. The van der Waals surface area contributed by atoms with Gasteiger partial charge in [-0.15, -0.1) is 11.3 Å². The van der Waals surface area contributed by atoms with Crippen LogP contribution in [0.1, 0.15) is 0 Å². The molecule has 0 unspecified atom stereocenters. The number of para-hydroxylation sites is 2. The van der Waals surface area contributed by atoms with Gasteiger partial charge >= 0.3 is 0 Å². The molecule has 0 fully saturated rings. The minimum Gasteiger partial charge on any atom is -0.309 e. The van der Waals surface area contributed by atoms with Crippen LogP contribution in [0, 0.1) is 0 Å². The van der Waals surface area contributed by atoms with Crippen molar-refractivity contribution >= 4 is 65.1 Å². The molecule has 51 heavy (non-hydrogen) atoms. The molecule has 2 aromatic heterocycles. The van der Waals surface area contributed by atoms with E-state index in [1.807, 2.05) is 11.3 Å². The molecule has 0 aliphatic rings. The highest BCUT2D eigenvalue weighted by Crippen LogP contribution is 2.46. The van der Waals surface area contributed by atoms with E-state index in [0.717, 1.165) is 17.1 Å². The minimum atomic E-state index is 1.11. The molecule has 0 aliphatic heterocycles. The van der Waals surface area contributed by atoms with Crippen molar-refractivity contribution < 1.29 is 0 Å². The fourth-order valence-corrected chi connectivity index (χ4v) is 9.07. The zero-order valence-electron chi connectivity index (χ0n) is 27.8. The van der Waals surface area contributed by atoms with Gasteiger partial charge in [-0.2, -0.15) is 0 Å². The first-order chi connectivity index (χ1) is 25.3. The predicted octanol–water partition coefficient (Wildman–Crippen LogP) is 13.9. The number of rotatable bonds is 6. The van der Waals surface area contributed by atoms with E-state index in [2.05, 4.69) is 203 Å². The highest BCUT2D eigenvalue weighted by molar-refractivity contribution is 7.25. The zero-order chi connectivity index (χ0) is 33.7. The van der Waals surface area contributed by atoms with Gasteiger partial charge in [0.2, 0.25) is 0 Å². The third kappa shape index (κ3) is 4.85. The molecule has 3 heteroatoms. The summed E-state index contributed by atoms with van der Waals surface area (Å²) < 4.78 is 3.75. The highest BCUT2D eigenvalue weighted by atomic mass is 32.1. The van der Waals surface area contributed by atoms with Crippen LogP contribution in [0.5, 0.6) is 0 Å². The van der Waals surface area contributed by atoms with Crippen molar-refractivity contribution in [2.24, 2.45) is 0 Å². The maximum Gasteiger partial charge on any atom is 0.109 e. The molecule has 0 aliphatic carbocycles.